The van der Waals surface area contributed by atoms with Crippen molar-refractivity contribution in [3.05, 3.63) is 95.0 Å². The predicted octanol–water partition coefficient (Wildman–Crippen LogP) is 3.38. The average molecular weight is 415 g/mol. The van der Waals surface area contributed by atoms with Crippen LogP contribution in [-0.2, 0) is 6.61 Å². The van der Waals surface area contributed by atoms with E-state index in [2.05, 4.69) is 5.32 Å². The summed E-state index contributed by atoms with van der Waals surface area (Å²) in [4.78, 5) is 0.159. The summed E-state index contributed by atoms with van der Waals surface area (Å²) in [5, 5.41) is 26.1. The van der Waals surface area contributed by atoms with Crippen LogP contribution in [0.5, 0.6) is 0 Å². The van der Waals surface area contributed by atoms with Crippen LogP contribution in [0.1, 0.15) is 11.1 Å². The third-order valence-electron chi connectivity index (χ3n) is 3.94. The molecule has 3 rings (SSSR count). The molecule has 0 amide bonds. The molecule has 0 fully saturated rings. The lowest BCUT2D eigenvalue weighted by Gasteiger charge is -2.17. The van der Waals surface area contributed by atoms with Crippen molar-refractivity contribution >= 4 is 46.0 Å². The molecule has 0 aliphatic carbocycles. The van der Waals surface area contributed by atoms with Gasteiger partial charge in [-0.05, 0) is 53.8 Å². The highest BCUT2D eigenvalue weighted by Crippen LogP contribution is 2.19. The highest BCUT2D eigenvalue weighted by molar-refractivity contribution is 7.81. The second kappa shape index (κ2) is 8.93. The van der Waals surface area contributed by atoms with E-state index in [1.165, 1.54) is 24.3 Å². The lowest BCUT2D eigenvalue weighted by molar-refractivity contribution is -0.578. The van der Waals surface area contributed by atoms with Crippen LogP contribution < -0.4 is 15.0 Å². The number of thiocarbonyl (C=S) groups is 1. The van der Waals surface area contributed by atoms with E-state index in [0.29, 0.717) is 21.8 Å². The largest absolute Gasteiger partial charge is 0.867 e. The minimum Gasteiger partial charge on any atom is -0.867 e. The number of aliphatic hydroxyl groups excluding tert-OH is 1. The van der Waals surface area contributed by atoms with Gasteiger partial charge in [-0.2, -0.15) is 4.57 Å². The van der Waals surface area contributed by atoms with E-state index in [4.69, 9.17) is 23.8 Å². The number of aliphatic hydroxyl groups is 1. The smallest absolute Gasteiger partial charge is 0.238 e. The lowest BCUT2D eigenvalue weighted by Crippen LogP contribution is -2.40. The first kappa shape index (κ1) is 19.9. The van der Waals surface area contributed by atoms with Crippen LogP contribution >= 0.6 is 23.8 Å². The van der Waals surface area contributed by atoms with Gasteiger partial charge >= 0.3 is 0 Å². The van der Waals surface area contributed by atoms with Gasteiger partial charge in [-0.3, -0.25) is 0 Å². The Morgan fingerprint density at radius 1 is 1.11 bits per heavy atom. The Morgan fingerprint density at radius 3 is 2.43 bits per heavy atom. The highest BCUT2D eigenvalue weighted by Gasteiger charge is 2.19. The number of rotatable bonds is 5. The molecule has 1 aromatic heterocycles. The number of hydrogen-bond acceptors (Lipinski definition) is 3. The molecule has 142 valence electrons. The molecule has 1 heterocycles. The maximum absolute atomic E-state index is 13.2. The normalized spacial score (nSPS) is 11.7. The monoisotopic (exact) mass is 414 g/mol. The molecule has 0 bridgehead atoms. The molecule has 0 spiro atoms. The first-order chi connectivity index (χ1) is 13.5. The molecule has 0 aliphatic heterocycles. The molecule has 0 atom stereocenters. The fourth-order valence-corrected chi connectivity index (χ4v) is 3.00. The van der Waals surface area contributed by atoms with Gasteiger partial charge in [-0.1, -0.05) is 36.0 Å². The van der Waals surface area contributed by atoms with Crippen molar-refractivity contribution in [2.24, 2.45) is 0 Å². The van der Waals surface area contributed by atoms with Gasteiger partial charge in [-0.15, -0.1) is 0 Å². The maximum atomic E-state index is 13.2. The molecule has 2 aromatic carbocycles. The summed E-state index contributed by atoms with van der Waals surface area (Å²) >= 11 is 11.4. The van der Waals surface area contributed by atoms with Gasteiger partial charge in [0.05, 0.1) is 6.61 Å². The van der Waals surface area contributed by atoms with Gasteiger partial charge in [0.2, 0.25) is 5.70 Å². The van der Waals surface area contributed by atoms with Crippen LogP contribution in [0.25, 0.3) is 11.5 Å². The van der Waals surface area contributed by atoms with E-state index in [0.717, 1.165) is 0 Å². The molecular formula is C21H16ClFN2O2S. The number of anilines is 1. The summed E-state index contributed by atoms with van der Waals surface area (Å²) in [7, 11) is 0. The van der Waals surface area contributed by atoms with Gasteiger partial charge in [0.15, 0.2) is 17.4 Å². The minimum atomic E-state index is -0.372. The van der Waals surface area contributed by atoms with Crippen LogP contribution in [0.3, 0.4) is 0 Å². The molecule has 0 aliphatic rings. The van der Waals surface area contributed by atoms with Crippen molar-refractivity contribution in [3.8, 4) is 0 Å². The Balaban J connectivity index is 2.07. The molecule has 7 heteroatoms. The van der Waals surface area contributed by atoms with E-state index in [1.54, 1.807) is 53.4 Å². The second-order valence-corrected chi connectivity index (χ2v) is 6.77. The number of nitrogens with zero attached hydrogens (tertiary/aromatic N) is 1. The Morgan fingerprint density at radius 2 is 1.79 bits per heavy atom. The zero-order valence-electron chi connectivity index (χ0n) is 14.6. The Kier molecular flexibility index (Phi) is 6.36. The van der Waals surface area contributed by atoms with Gasteiger partial charge in [-0.25, -0.2) is 4.39 Å². The van der Waals surface area contributed by atoms with Crippen molar-refractivity contribution in [3.63, 3.8) is 0 Å². The van der Waals surface area contributed by atoms with Crippen LogP contribution in [0, 0.1) is 5.82 Å². The van der Waals surface area contributed by atoms with E-state index >= 15 is 0 Å². The van der Waals surface area contributed by atoms with Crippen molar-refractivity contribution in [1.29, 1.82) is 0 Å². The van der Waals surface area contributed by atoms with E-state index in [-0.39, 0.29) is 28.9 Å². The van der Waals surface area contributed by atoms with E-state index < -0.39 is 0 Å². The average Bonchev–Trinajstić information content (AvgIpc) is 2.70. The summed E-state index contributed by atoms with van der Waals surface area (Å²) < 4.78 is 14.7. The topological polar surface area (TPSA) is 59.2 Å². The first-order valence-corrected chi connectivity index (χ1v) is 9.12. The molecule has 3 aromatic rings. The molecule has 0 saturated heterocycles. The Labute approximate surface area is 172 Å². The summed E-state index contributed by atoms with van der Waals surface area (Å²) in [6, 6.07) is 15.6. The number of hydrogen-bond donors (Lipinski definition) is 2. The zero-order valence-corrected chi connectivity index (χ0v) is 16.2. The Hall–Kier alpha value is -2.80. The molecule has 0 radical (unpaired) electrons. The molecular weight excluding hydrogens is 399 g/mol. The fourth-order valence-electron chi connectivity index (χ4n) is 2.56. The number of benzene rings is 2. The lowest BCUT2D eigenvalue weighted by atomic mass is 10.1. The van der Waals surface area contributed by atoms with Gasteiger partial charge in [0.1, 0.15) is 5.82 Å². The van der Waals surface area contributed by atoms with Crippen molar-refractivity contribution in [2.75, 3.05) is 5.32 Å². The number of halogens is 2. The summed E-state index contributed by atoms with van der Waals surface area (Å²) in [5.74, 6) is -0.695. The maximum Gasteiger partial charge on any atom is 0.238 e. The van der Waals surface area contributed by atoms with Crippen molar-refractivity contribution in [1.82, 2.24) is 0 Å². The number of aromatic nitrogens is 1. The fraction of sp³-hybridized carbons (Fsp3) is 0.0476. The van der Waals surface area contributed by atoms with Crippen LogP contribution in [-0.4, -0.2) is 10.1 Å². The summed E-state index contributed by atoms with van der Waals surface area (Å²) in [6.07, 6.45) is 3.29. The summed E-state index contributed by atoms with van der Waals surface area (Å²) in [5.41, 5.74) is 1.77. The predicted molar refractivity (Wildman–Crippen MR) is 110 cm³/mol. The molecule has 28 heavy (non-hydrogen) atoms. The SMILES string of the molecule is [O-]C(=C(C(=S)Nc1ccc(F)cc1)[n+]1cccc(CO)c1)c1ccc(Cl)cc1. The van der Waals surface area contributed by atoms with Crippen LogP contribution in [0.15, 0.2) is 73.1 Å². The van der Waals surface area contributed by atoms with Crippen molar-refractivity contribution < 1.29 is 19.2 Å². The van der Waals surface area contributed by atoms with E-state index in [1.807, 2.05) is 0 Å². The Bertz CT molecular complexity index is 1020. The van der Waals surface area contributed by atoms with Crippen LogP contribution in [0.4, 0.5) is 10.1 Å². The van der Waals surface area contributed by atoms with Crippen molar-refractivity contribution in [2.45, 2.75) is 6.61 Å². The molecule has 4 nitrogen and oxygen atoms in total. The minimum absolute atomic E-state index is 0.159. The first-order valence-electron chi connectivity index (χ1n) is 8.33. The van der Waals surface area contributed by atoms with Crippen LogP contribution in [0.2, 0.25) is 5.02 Å². The third-order valence-corrected chi connectivity index (χ3v) is 4.49. The van der Waals surface area contributed by atoms with E-state index in [9.17, 15) is 14.6 Å². The zero-order chi connectivity index (χ0) is 20.1. The third kappa shape index (κ3) is 4.72. The van der Waals surface area contributed by atoms with Gasteiger partial charge in [0.25, 0.3) is 0 Å². The number of pyridine rings is 1. The summed E-state index contributed by atoms with van der Waals surface area (Å²) in [6.45, 7) is -0.179. The molecule has 2 N–H and O–H groups in total. The second-order valence-electron chi connectivity index (χ2n) is 5.92. The van der Waals surface area contributed by atoms with Gasteiger partial charge < -0.3 is 15.5 Å². The standard InChI is InChI=1S/C21H16ClFN2O2S/c22-16-5-3-15(4-6-16)20(27)19(25-11-1-2-14(12-25)13-26)21(28)24-18-9-7-17(23)8-10-18/h1-12,26H,13H2,(H-,24,27,28). The molecule has 0 unspecified atom stereocenters. The number of nitrogens with one attached hydrogen (secondary N) is 1. The van der Waals surface area contributed by atoms with Gasteiger partial charge in [0, 0.05) is 22.3 Å². The molecule has 0 saturated carbocycles. The quantitative estimate of drug-likeness (QED) is 0.291. The highest BCUT2D eigenvalue weighted by atomic mass is 35.5.